The standard InChI is InChI=1S/C29H27BrClN3O2/c1-19-7-9-20(10-8-19)18-36-27-14-11-21(15-25(27)31)17-32-34-28(22-5-3-2-4-6-22)33-26-13-12-23(30)16-24(26)29(34)35/h7-17,22H,2-6,18H2,1H3. The van der Waals surface area contributed by atoms with Crippen molar-refractivity contribution in [2.45, 2.75) is 51.6 Å². The molecule has 0 saturated heterocycles. The molecular formula is C29H27BrClN3O2. The van der Waals surface area contributed by atoms with Crippen LogP contribution in [0.15, 0.2) is 75.0 Å². The SMILES string of the molecule is Cc1ccc(COc2ccc(C=Nn3c(C4CCCCC4)nc4ccc(Br)cc4c3=O)cc2Cl)cc1. The summed E-state index contributed by atoms with van der Waals surface area (Å²) in [4.78, 5) is 18.4. The monoisotopic (exact) mass is 563 g/mol. The van der Waals surface area contributed by atoms with Gasteiger partial charge in [-0.05, 0) is 67.3 Å². The maximum atomic E-state index is 13.5. The molecule has 0 bridgehead atoms. The molecule has 36 heavy (non-hydrogen) atoms. The van der Waals surface area contributed by atoms with Crippen LogP contribution in [0.25, 0.3) is 10.9 Å². The Hall–Kier alpha value is -2.96. The second-order valence-corrected chi connectivity index (χ2v) is 10.6. The fraction of sp³-hybridized carbons (Fsp3) is 0.276. The third kappa shape index (κ3) is 5.55. The summed E-state index contributed by atoms with van der Waals surface area (Å²) >= 11 is 9.98. The Morgan fingerprint density at radius 2 is 1.86 bits per heavy atom. The van der Waals surface area contributed by atoms with E-state index < -0.39 is 0 Å². The van der Waals surface area contributed by atoms with Gasteiger partial charge in [-0.15, -0.1) is 0 Å². The number of aryl methyl sites for hydroxylation is 1. The maximum Gasteiger partial charge on any atom is 0.282 e. The fourth-order valence-electron chi connectivity index (χ4n) is 4.59. The molecule has 1 fully saturated rings. The maximum absolute atomic E-state index is 13.5. The Morgan fingerprint density at radius 1 is 1.08 bits per heavy atom. The van der Waals surface area contributed by atoms with Crippen LogP contribution >= 0.6 is 27.5 Å². The van der Waals surface area contributed by atoms with Gasteiger partial charge in [0.1, 0.15) is 18.2 Å². The Morgan fingerprint density at radius 3 is 2.61 bits per heavy atom. The van der Waals surface area contributed by atoms with Crippen LogP contribution in [-0.2, 0) is 6.61 Å². The van der Waals surface area contributed by atoms with E-state index in [1.807, 2.05) is 36.4 Å². The van der Waals surface area contributed by atoms with Crippen LogP contribution < -0.4 is 10.3 Å². The van der Waals surface area contributed by atoms with Gasteiger partial charge in [0.2, 0.25) is 0 Å². The zero-order valence-electron chi connectivity index (χ0n) is 20.1. The third-order valence-corrected chi connectivity index (χ3v) is 7.39. The molecule has 1 aliphatic carbocycles. The van der Waals surface area contributed by atoms with Crippen molar-refractivity contribution in [3.05, 3.63) is 103 Å². The molecule has 0 spiro atoms. The summed E-state index contributed by atoms with van der Waals surface area (Å²) < 4.78 is 8.22. The van der Waals surface area contributed by atoms with Gasteiger partial charge in [-0.1, -0.05) is 76.6 Å². The molecule has 4 aromatic rings. The minimum absolute atomic E-state index is 0.165. The molecule has 5 nitrogen and oxygen atoms in total. The lowest BCUT2D eigenvalue weighted by molar-refractivity contribution is 0.306. The van der Waals surface area contributed by atoms with E-state index in [4.69, 9.17) is 21.3 Å². The first-order valence-corrected chi connectivity index (χ1v) is 13.4. The van der Waals surface area contributed by atoms with E-state index in [2.05, 4.69) is 40.1 Å². The Balaban J connectivity index is 1.43. The van der Waals surface area contributed by atoms with Crippen LogP contribution in [0, 0.1) is 6.92 Å². The Kier molecular flexibility index (Phi) is 7.54. The molecule has 1 heterocycles. The highest BCUT2D eigenvalue weighted by Gasteiger charge is 2.22. The predicted molar refractivity (Wildman–Crippen MR) is 149 cm³/mol. The van der Waals surface area contributed by atoms with Crippen molar-refractivity contribution in [2.24, 2.45) is 5.10 Å². The van der Waals surface area contributed by atoms with E-state index in [9.17, 15) is 4.79 Å². The molecule has 0 radical (unpaired) electrons. The number of hydrogen-bond acceptors (Lipinski definition) is 4. The van der Waals surface area contributed by atoms with E-state index in [1.165, 1.54) is 16.7 Å². The van der Waals surface area contributed by atoms with E-state index in [0.29, 0.717) is 28.3 Å². The van der Waals surface area contributed by atoms with Crippen molar-refractivity contribution < 1.29 is 4.74 Å². The highest BCUT2D eigenvalue weighted by Crippen LogP contribution is 2.32. The van der Waals surface area contributed by atoms with Crippen LogP contribution in [0.3, 0.4) is 0 Å². The topological polar surface area (TPSA) is 56.5 Å². The molecule has 7 heteroatoms. The van der Waals surface area contributed by atoms with E-state index in [1.54, 1.807) is 18.3 Å². The van der Waals surface area contributed by atoms with Crippen LogP contribution in [0.5, 0.6) is 5.75 Å². The summed E-state index contributed by atoms with van der Waals surface area (Å²) in [5.41, 5.74) is 3.60. The number of halogens is 2. The fourth-order valence-corrected chi connectivity index (χ4v) is 5.19. The number of ether oxygens (including phenoxy) is 1. The molecule has 0 amide bonds. The zero-order chi connectivity index (χ0) is 25.1. The molecule has 1 aliphatic rings. The minimum Gasteiger partial charge on any atom is -0.487 e. The molecule has 5 rings (SSSR count). The zero-order valence-corrected chi connectivity index (χ0v) is 22.4. The van der Waals surface area contributed by atoms with Crippen LogP contribution in [0.2, 0.25) is 5.02 Å². The number of fused-ring (bicyclic) bond motifs is 1. The van der Waals surface area contributed by atoms with Crippen molar-refractivity contribution in [3.63, 3.8) is 0 Å². The molecule has 184 valence electrons. The number of nitrogens with zero attached hydrogens (tertiary/aromatic N) is 3. The summed E-state index contributed by atoms with van der Waals surface area (Å²) in [7, 11) is 0. The van der Waals surface area contributed by atoms with Gasteiger partial charge in [0.15, 0.2) is 0 Å². The molecule has 0 atom stereocenters. The van der Waals surface area contributed by atoms with Gasteiger partial charge in [-0.3, -0.25) is 4.79 Å². The summed E-state index contributed by atoms with van der Waals surface area (Å²) in [5.74, 6) is 1.55. The van der Waals surface area contributed by atoms with Crippen molar-refractivity contribution in [1.82, 2.24) is 9.66 Å². The summed E-state index contributed by atoms with van der Waals surface area (Å²) in [6, 6.07) is 19.3. The van der Waals surface area contributed by atoms with Gasteiger partial charge in [-0.25, -0.2) is 4.98 Å². The Bertz CT molecular complexity index is 1470. The minimum atomic E-state index is -0.165. The van der Waals surface area contributed by atoms with Gasteiger partial charge < -0.3 is 4.74 Å². The quantitative estimate of drug-likeness (QED) is 0.226. The van der Waals surface area contributed by atoms with Crippen molar-refractivity contribution in [2.75, 3.05) is 0 Å². The van der Waals surface area contributed by atoms with E-state index in [-0.39, 0.29) is 11.5 Å². The van der Waals surface area contributed by atoms with Crippen molar-refractivity contribution >= 4 is 44.6 Å². The molecule has 1 aromatic heterocycles. The van der Waals surface area contributed by atoms with Crippen molar-refractivity contribution in [1.29, 1.82) is 0 Å². The lowest BCUT2D eigenvalue weighted by Crippen LogP contribution is -2.25. The van der Waals surface area contributed by atoms with Crippen LogP contribution in [0.4, 0.5) is 0 Å². The smallest absolute Gasteiger partial charge is 0.282 e. The first kappa shape index (κ1) is 24.7. The average Bonchev–Trinajstić information content (AvgIpc) is 2.89. The average molecular weight is 565 g/mol. The third-order valence-electron chi connectivity index (χ3n) is 6.60. The van der Waals surface area contributed by atoms with Crippen LogP contribution in [0.1, 0.15) is 60.5 Å². The number of hydrogen-bond donors (Lipinski definition) is 0. The molecule has 1 saturated carbocycles. The summed E-state index contributed by atoms with van der Waals surface area (Å²) in [6.07, 6.45) is 7.20. The highest BCUT2D eigenvalue weighted by molar-refractivity contribution is 9.10. The van der Waals surface area contributed by atoms with E-state index in [0.717, 1.165) is 47.1 Å². The molecule has 0 unspecified atom stereocenters. The largest absolute Gasteiger partial charge is 0.487 e. The van der Waals surface area contributed by atoms with E-state index >= 15 is 0 Å². The summed E-state index contributed by atoms with van der Waals surface area (Å²) in [5, 5.41) is 5.64. The number of benzene rings is 3. The molecule has 0 aliphatic heterocycles. The lowest BCUT2D eigenvalue weighted by atomic mass is 9.88. The second kappa shape index (κ2) is 11.0. The van der Waals surface area contributed by atoms with Crippen molar-refractivity contribution in [3.8, 4) is 5.75 Å². The number of rotatable bonds is 6. The lowest BCUT2D eigenvalue weighted by Gasteiger charge is -2.22. The van der Waals surface area contributed by atoms with Gasteiger partial charge in [0.25, 0.3) is 5.56 Å². The van der Waals surface area contributed by atoms with Gasteiger partial charge in [0, 0.05) is 10.4 Å². The van der Waals surface area contributed by atoms with Crippen LogP contribution in [-0.4, -0.2) is 15.9 Å². The van der Waals surface area contributed by atoms with Gasteiger partial charge >= 0.3 is 0 Å². The summed E-state index contributed by atoms with van der Waals surface area (Å²) in [6.45, 7) is 2.49. The molecule has 3 aromatic carbocycles. The molecular weight excluding hydrogens is 538 g/mol. The number of aromatic nitrogens is 2. The van der Waals surface area contributed by atoms with Gasteiger partial charge in [-0.2, -0.15) is 9.78 Å². The molecule has 0 N–H and O–H groups in total. The predicted octanol–water partition coefficient (Wildman–Crippen LogP) is 7.63. The first-order valence-electron chi connectivity index (χ1n) is 12.2. The first-order chi connectivity index (χ1) is 17.5. The highest BCUT2D eigenvalue weighted by atomic mass is 79.9. The van der Waals surface area contributed by atoms with Gasteiger partial charge in [0.05, 0.1) is 22.1 Å². The Labute approximate surface area is 223 Å². The second-order valence-electron chi connectivity index (χ2n) is 9.29. The normalized spacial score (nSPS) is 14.5.